The van der Waals surface area contributed by atoms with Crippen molar-refractivity contribution in [2.75, 3.05) is 20.1 Å². The molecule has 3 rings (SSSR count). The summed E-state index contributed by atoms with van der Waals surface area (Å²) in [7, 11) is 1.84. The summed E-state index contributed by atoms with van der Waals surface area (Å²) in [5.41, 5.74) is 3.84. The Balaban J connectivity index is 1.42. The Labute approximate surface area is 173 Å². The number of benzene rings is 1. The number of nitrogens with zero attached hydrogens (tertiary/aromatic N) is 3. The van der Waals surface area contributed by atoms with Crippen LogP contribution in [0.5, 0.6) is 0 Å². The molecule has 1 aliphatic heterocycles. The molecule has 0 bridgehead atoms. The maximum atomic E-state index is 4.69. The molecular formula is C22H33N5S. The highest BCUT2D eigenvalue weighted by molar-refractivity contribution is 7.09. The number of aliphatic imine (C=N–C) groups is 1. The number of thiazole rings is 1. The Morgan fingerprint density at radius 2 is 2.11 bits per heavy atom. The Bertz CT molecular complexity index is 775. The van der Waals surface area contributed by atoms with E-state index in [-0.39, 0.29) is 0 Å². The molecule has 0 saturated carbocycles. The highest BCUT2D eigenvalue weighted by atomic mass is 32.1. The molecule has 0 atom stereocenters. The van der Waals surface area contributed by atoms with E-state index in [9.17, 15) is 0 Å². The fraction of sp³-hybridized carbons (Fsp3) is 0.545. The molecule has 2 N–H and O–H groups in total. The van der Waals surface area contributed by atoms with Crippen molar-refractivity contribution in [2.45, 2.75) is 58.7 Å². The van der Waals surface area contributed by atoms with Gasteiger partial charge in [-0.25, -0.2) is 4.98 Å². The van der Waals surface area contributed by atoms with Crippen LogP contribution >= 0.6 is 11.3 Å². The van der Waals surface area contributed by atoms with E-state index in [2.05, 4.69) is 75.9 Å². The largest absolute Gasteiger partial charge is 0.354 e. The van der Waals surface area contributed by atoms with Gasteiger partial charge < -0.3 is 10.6 Å². The third kappa shape index (κ3) is 6.04. The van der Waals surface area contributed by atoms with Crippen molar-refractivity contribution in [1.82, 2.24) is 20.5 Å². The van der Waals surface area contributed by atoms with E-state index >= 15 is 0 Å². The number of rotatable bonds is 6. The molecular weight excluding hydrogens is 366 g/mol. The van der Waals surface area contributed by atoms with Gasteiger partial charge in [0, 0.05) is 44.0 Å². The number of hydrogen-bond acceptors (Lipinski definition) is 4. The van der Waals surface area contributed by atoms with E-state index < -0.39 is 0 Å². The van der Waals surface area contributed by atoms with Crippen molar-refractivity contribution < 1.29 is 0 Å². The smallest absolute Gasteiger partial charge is 0.191 e. The quantitative estimate of drug-likeness (QED) is 0.571. The minimum Gasteiger partial charge on any atom is -0.354 e. The summed E-state index contributed by atoms with van der Waals surface area (Å²) < 4.78 is 0. The summed E-state index contributed by atoms with van der Waals surface area (Å²) in [6, 6.07) is 9.31. The number of piperidine rings is 1. The van der Waals surface area contributed by atoms with Crippen molar-refractivity contribution in [3.05, 3.63) is 51.5 Å². The van der Waals surface area contributed by atoms with Gasteiger partial charge in [0.05, 0.1) is 17.2 Å². The Morgan fingerprint density at radius 3 is 2.75 bits per heavy atom. The monoisotopic (exact) mass is 399 g/mol. The lowest BCUT2D eigenvalue weighted by Gasteiger charge is -2.33. The van der Waals surface area contributed by atoms with E-state index in [0.29, 0.717) is 12.0 Å². The molecule has 2 aromatic rings. The van der Waals surface area contributed by atoms with E-state index in [1.165, 1.54) is 16.1 Å². The zero-order valence-corrected chi connectivity index (χ0v) is 18.4. The van der Waals surface area contributed by atoms with Gasteiger partial charge in [-0.2, -0.15) is 0 Å². The summed E-state index contributed by atoms with van der Waals surface area (Å²) in [5, 5.41) is 10.3. The Kier molecular flexibility index (Phi) is 7.45. The maximum absolute atomic E-state index is 4.69. The number of likely N-dealkylation sites (tertiary alicyclic amines) is 1. The predicted octanol–water partition coefficient (Wildman–Crippen LogP) is 3.90. The Hall–Kier alpha value is -1.92. The molecule has 5 nitrogen and oxygen atoms in total. The lowest BCUT2D eigenvalue weighted by Crippen LogP contribution is -2.48. The van der Waals surface area contributed by atoms with Gasteiger partial charge in [0.1, 0.15) is 0 Å². The van der Waals surface area contributed by atoms with Gasteiger partial charge in [-0.15, -0.1) is 11.3 Å². The Morgan fingerprint density at radius 1 is 1.32 bits per heavy atom. The van der Waals surface area contributed by atoms with Crippen LogP contribution in [0.1, 0.15) is 54.4 Å². The molecule has 0 aliphatic carbocycles. The first-order chi connectivity index (χ1) is 13.5. The summed E-state index contributed by atoms with van der Waals surface area (Å²) in [6.07, 6.45) is 2.28. The number of aromatic nitrogens is 1. The number of hydrogen-bond donors (Lipinski definition) is 2. The summed E-state index contributed by atoms with van der Waals surface area (Å²) in [6.45, 7) is 10.5. The lowest BCUT2D eigenvalue weighted by molar-refractivity contribution is 0.198. The van der Waals surface area contributed by atoms with Crippen LogP contribution < -0.4 is 10.6 Å². The van der Waals surface area contributed by atoms with Crippen LogP contribution in [0.4, 0.5) is 0 Å². The van der Waals surface area contributed by atoms with Gasteiger partial charge in [0.25, 0.3) is 0 Å². The van der Waals surface area contributed by atoms with Gasteiger partial charge in [-0.1, -0.05) is 43.7 Å². The van der Waals surface area contributed by atoms with Crippen molar-refractivity contribution in [1.29, 1.82) is 0 Å². The van der Waals surface area contributed by atoms with E-state index in [1.807, 2.05) is 7.05 Å². The average Bonchev–Trinajstić information content (AvgIpc) is 3.16. The minimum atomic E-state index is 0.474. The second-order valence-corrected chi connectivity index (χ2v) is 8.83. The van der Waals surface area contributed by atoms with Crippen LogP contribution in [0.2, 0.25) is 0 Å². The average molecular weight is 400 g/mol. The van der Waals surface area contributed by atoms with Crippen molar-refractivity contribution in [3.63, 3.8) is 0 Å². The van der Waals surface area contributed by atoms with Gasteiger partial charge >= 0.3 is 0 Å². The van der Waals surface area contributed by atoms with Crippen LogP contribution in [0, 0.1) is 6.92 Å². The zero-order valence-electron chi connectivity index (χ0n) is 17.5. The van der Waals surface area contributed by atoms with Crippen molar-refractivity contribution in [3.8, 4) is 0 Å². The van der Waals surface area contributed by atoms with E-state index in [4.69, 9.17) is 0 Å². The first-order valence-corrected chi connectivity index (χ1v) is 11.1. The molecule has 1 aromatic carbocycles. The highest BCUT2D eigenvalue weighted by Gasteiger charge is 2.20. The van der Waals surface area contributed by atoms with E-state index in [0.717, 1.165) is 50.7 Å². The molecule has 1 fully saturated rings. The molecule has 152 valence electrons. The SMILES string of the molecule is CN=C(NCc1csc(C(C)C)n1)NC1CCN(Cc2cccc(C)c2)CC1. The second kappa shape index (κ2) is 10.0. The van der Waals surface area contributed by atoms with Gasteiger partial charge in [-0.3, -0.25) is 9.89 Å². The number of guanidine groups is 1. The van der Waals surface area contributed by atoms with Crippen LogP contribution in [-0.2, 0) is 13.1 Å². The molecule has 1 aliphatic rings. The fourth-order valence-corrected chi connectivity index (χ4v) is 4.37. The molecule has 1 saturated heterocycles. The molecule has 1 aromatic heterocycles. The normalized spacial score (nSPS) is 16.5. The van der Waals surface area contributed by atoms with Gasteiger partial charge in [0.15, 0.2) is 5.96 Å². The highest BCUT2D eigenvalue weighted by Crippen LogP contribution is 2.19. The van der Waals surface area contributed by atoms with Crippen molar-refractivity contribution in [2.24, 2.45) is 4.99 Å². The molecule has 0 radical (unpaired) electrons. The molecule has 2 heterocycles. The van der Waals surface area contributed by atoms with Crippen LogP contribution in [-0.4, -0.2) is 42.0 Å². The molecule has 6 heteroatoms. The molecule has 0 unspecified atom stereocenters. The van der Waals surface area contributed by atoms with Crippen LogP contribution in [0.3, 0.4) is 0 Å². The summed E-state index contributed by atoms with van der Waals surface area (Å²) in [5.74, 6) is 1.36. The molecule has 0 spiro atoms. The fourth-order valence-electron chi connectivity index (χ4n) is 3.54. The molecule has 0 amide bonds. The summed E-state index contributed by atoms with van der Waals surface area (Å²) in [4.78, 5) is 11.6. The van der Waals surface area contributed by atoms with Gasteiger partial charge in [-0.05, 0) is 25.3 Å². The third-order valence-electron chi connectivity index (χ3n) is 5.14. The molecule has 28 heavy (non-hydrogen) atoms. The van der Waals surface area contributed by atoms with Gasteiger partial charge in [0.2, 0.25) is 0 Å². The predicted molar refractivity (Wildman–Crippen MR) is 119 cm³/mol. The van der Waals surface area contributed by atoms with Crippen LogP contribution in [0.15, 0.2) is 34.6 Å². The van der Waals surface area contributed by atoms with Crippen molar-refractivity contribution >= 4 is 17.3 Å². The first-order valence-electron chi connectivity index (χ1n) is 10.2. The standard InChI is InChI=1S/C22H33N5S/c1-16(2)21-25-20(15-28-21)13-24-22(23-4)26-19-8-10-27(11-9-19)14-18-7-5-6-17(3)12-18/h5-7,12,15-16,19H,8-11,13-14H2,1-4H3,(H2,23,24,26). The zero-order chi connectivity index (χ0) is 19.9. The number of aryl methyl sites for hydroxylation is 1. The second-order valence-electron chi connectivity index (χ2n) is 7.94. The van der Waals surface area contributed by atoms with Crippen LogP contribution in [0.25, 0.3) is 0 Å². The topological polar surface area (TPSA) is 52.6 Å². The van der Waals surface area contributed by atoms with E-state index in [1.54, 1.807) is 11.3 Å². The third-order valence-corrected chi connectivity index (χ3v) is 6.34. The number of nitrogens with one attached hydrogen (secondary N) is 2. The maximum Gasteiger partial charge on any atom is 0.191 e. The lowest BCUT2D eigenvalue weighted by atomic mass is 10.0. The first kappa shape index (κ1) is 20.8. The minimum absolute atomic E-state index is 0.474. The summed E-state index contributed by atoms with van der Waals surface area (Å²) >= 11 is 1.74.